The Morgan fingerprint density at radius 2 is 1.65 bits per heavy atom. The van der Waals surface area contributed by atoms with Gasteiger partial charge in [0.1, 0.15) is 5.69 Å². The van der Waals surface area contributed by atoms with E-state index in [9.17, 15) is 13.2 Å². The van der Waals surface area contributed by atoms with E-state index in [0.29, 0.717) is 17.9 Å². The Kier molecular flexibility index (Phi) is 7.12. The maximum atomic E-state index is 13.2. The van der Waals surface area contributed by atoms with Crippen molar-refractivity contribution in [1.82, 2.24) is 9.29 Å². The molecule has 0 fully saturated rings. The van der Waals surface area contributed by atoms with Crippen LogP contribution in [-0.2, 0) is 21.3 Å². The predicted molar refractivity (Wildman–Crippen MR) is 134 cm³/mol. The molecule has 7 nitrogen and oxygen atoms in total. The van der Waals surface area contributed by atoms with Crippen molar-refractivity contribution in [3.05, 3.63) is 96.2 Å². The number of anilines is 1. The van der Waals surface area contributed by atoms with E-state index < -0.39 is 10.0 Å². The van der Waals surface area contributed by atoms with Gasteiger partial charge in [-0.3, -0.25) is 4.79 Å². The highest BCUT2D eigenvalue weighted by molar-refractivity contribution is 7.89. The molecular weight excluding hydrogens is 450 g/mol. The molecule has 0 saturated carbocycles. The van der Waals surface area contributed by atoms with Crippen LogP contribution in [0.5, 0.6) is 0 Å². The molecule has 34 heavy (non-hydrogen) atoms. The lowest BCUT2D eigenvalue weighted by Gasteiger charge is -2.14. The number of hydrogen-bond donors (Lipinski definition) is 2. The van der Waals surface area contributed by atoms with Crippen molar-refractivity contribution in [2.45, 2.75) is 24.4 Å². The topological polar surface area (TPSA) is 89.4 Å². The van der Waals surface area contributed by atoms with E-state index in [1.807, 2.05) is 65.2 Å². The van der Waals surface area contributed by atoms with Crippen molar-refractivity contribution >= 4 is 32.5 Å². The highest BCUT2D eigenvalue weighted by Crippen LogP contribution is 2.23. The Morgan fingerprint density at radius 1 is 0.971 bits per heavy atom. The molecule has 0 spiro atoms. The molecule has 0 aliphatic heterocycles. The van der Waals surface area contributed by atoms with Crippen molar-refractivity contribution in [1.29, 1.82) is 0 Å². The highest BCUT2D eigenvalue weighted by atomic mass is 32.2. The minimum Gasteiger partial charge on any atom is -0.383 e. The van der Waals surface area contributed by atoms with Crippen molar-refractivity contribution in [2.24, 2.45) is 0 Å². The molecule has 1 unspecified atom stereocenters. The Morgan fingerprint density at radius 3 is 2.35 bits per heavy atom. The van der Waals surface area contributed by atoms with Crippen molar-refractivity contribution in [2.75, 3.05) is 19.0 Å². The summed E-state index contributed by atoms with van der Waals surface area (Å²) in [6.45, 7) is 2.55. The number of rotatable bonds is 9. The third-order valence-corrected chi connectivity index (χ3v) is 7.03. The molecular formula is C26H27N3O4S. The molecule has 4 aromatic rings. The number of benzene rings is 3. The van der Waals surface area contributed by atoms with Gasteiger partial charge in [0.2, 0.25) is 10.0 Å². The van der Waals surface area contributed by atoms with Gasteiger partial charge in [0.25, 0.3) is 5.91 Å². The number of nitrogens with one attached hydrogen (secondary N) is 2. The third kappa shape index (κ3) is 5.36. The predicted octanol–water partition coefficient (Wildman–Crippen LogP) is 4.26. The van der Waals surface area contributed by atoms with Crippen molar-refractivity contribution < 1.29 is 17.9 Å². The fourth-order valence-electron chi connectivity index (χ4n) is 3.86. The summed E-state index contributed by atoms with van der Waals surface area (Å²) in [5.74, 6) is -0.269. The molecule has 1 atom stereocenters. The van der Waals surface area contributed by atoms with Gasteiger partial charge in [-0.05, 0) is 48.9 Å². The highest BCUT2D eigenvalue weighted by Gasteiger charge is 2.19. The van der Waals surface area contributed by atoms with Gasteiger partial charge in [0, 0.05) is 36.3 Å². The summed E-state index contributed by atoms with van der Waals surface area (Å²) in [6.07, 6.45) is 0. The molecule has 0 saturated heterocycles. The molecule has 0 radical (unpaired) electrons. The van der Waals surface area contributed by atoms with E-state index in [1.54, 1.807) is 19.1 Å². The Balaban J connectivity index is 1.56. The molecule has 1 heterocycles. The lowest BCUT2D eigenvalue weighted by Crippen LogP contribution is -2.35. The zero-order chi connectivity index (χ0) is 24.1. The van der Waals surface area contributed by atoms with E-state index >= 15 is 0 Å². The molecule has 0 aliphatic rings. The fraction of sp³-hybridized carbons (Fsp3) is 0.192. The minimum atomic E-state index is -3.68. The number of carbonyl (C=O) groups is 1. The second kappa shape index (κ2) is 10.2. The summed E-state index contributed by atoms with van der Waals surface area (Å²) in [6, 6.07) is 25.4. The molecule has 1 amide bonds. The van der Waals surface area contributed by atoms with Crippen LogP contribution in [0, 0.1) is 0 Å². The molecule has 1 aromatic heterocycles. The molecule has 8 heteroatoms. The average Bonchev–Trinajstić information content (AvgIpc) is 3.18. The Hall–Kier alpha value is -3.46. The molecule has 176 valence electrons. The molecule has 3 aromatic carbocycles. The molecule has 4 rings (SSSR count). The normalized spacial score (nSPS) is 12.5. The first-order chi connectivity index (χ1) is 16.4. The molecule has 0 bridgehead atoms. The minimum absolute atomic E-state index is 0.117. The van der Waals surface area contributed by atoms with E-state index in [-0.39, 0.29) is 23.5 Å². The summed E-state index contributed by atoms with van der Waals surface area (Å²) in [5.41, 5.74) is 3.08. The van der Waals surface area contributed by atoms with Gasteiger partial charge in [-0.15, -0.1) is 0 Å². The van der Waals surface area contributed by atoms with Gasteiger partial charge in [-0.25, -0.2) is 13.1 Å². The number of fused-ring (bicyclic) bond motifs is 1. The first-order valence-electron chi connectivity index (χ1n) is 10.9. The molecule has 2 N–H and O–H groups in total. The van der Waals surface area contributed by atoms with Crippen LogP contribution in [0.3, 0.4) is 0 Å². The van der Waals surface area contributed by atoms with Gasteiger partial charge in [-0.2, -0.15) is 0 Å². The number of ether oxygens (including phenoxy) is 1. The zero-order valence-electron chi connectivity index (χ0n) is 19.1. The van der Waals surface area contributed by atoms with Crippen LogP contribution in [0.25, 0.3) is 10.9 Å². The third-order valence-electron chi connectivity index (χ3n) is 5.42. The van der Waals surface area contributed by atoms with Gasteiger partial charge < -0.3 is 14.6 Å². The maximum absolute atomic E-state index is 13.2. The summed E-state index contributed by atoms with van der Waals surface area (Å²) >= 11 is 0. The average molecular weight is 478 g/mol. The number of aromatic nitrogens is 1. The van der Waals surface area contributed by atoms with Gasteiger partial charge >= 0.3 is 0 Å². The lowest BCUT2D eigenvalue weighted by molar-refractivity contribution is 0.101. The Bertz CT molecular complexity index is 1380. The summed E-state index contributed by atoms with van der Waals surface area (Å²) < 4.78 is 34.6. The number of methoxy groups -OCH3 is 1. The van der Waals surface area contributed by atoms with Crippen LogP contribution < -0.4 is 10.0 Å². The first kappa shape index (κ1) is 23.7. The Labute approximate surface area is 199 Å². The largest absolute Gasteiger partial charge is 0.383 e. The summed E-state index contributed by atoms with van der Waals surface area (Å²) in [7, 11) is -2.17. The van der Waals surface area contributed by atoms with Crippen LogP contribution in [0.1, 0.15) is 23.0 Å². The zero-order valence-corrected chi connectivity index (χ0v) is 19.9. The smallest absolute Gasteiger partial charge is 0.272 e. The van der Waals surface area contributed by atoms with E-state index in [2.05, 4.69) is 10.0 Å². The standard InChI is InChI=1S/C26H27N3O4S/c1-19(18-33-2)28-34(31,32)23-14-12-22(13-15-23)27-26(30)25-16-21-10-6-7-11-24(21)29(25)17-20-8-4-3-5-9-20/h3-16,19,28H,17-18H2,1-2H3,(H,27,30). The first-order valence-corrected chi connectivity index (χ1v) is 12.4. The number of amides is 1. The number of nitrogens with zero attached hydrogens (tertiary/aromatic N) is 1. The van der Waals surface area contributed by atoms with Crippen molar-refractivity contribution in [3.63, 3.8) is 0 Å². The summed E-state index contributed by atoms with van der Waals surface area (Å²) in [4.78, 5) is 13.3. The second-order valence-corrected chi connectivity index (χ2v) is 9.83. The van der Waals surface area contributed by atoms with E-state index in [1.165, 1.54) is 19.2 Å². The summed E-state index contributed by atoms with van der Waals surface area (Å²) in [5, 5.41) is 3.86. The van der Waals surface area contributed by atoms with Crippen LogP contribution >= 0.6 is 0 Å². The van der Waals surface area contributed by atoms with Crippen molar-refractivity contribution in [3.8, 4) is 0 Å². The number of para-hydroxylation sites is 1. The van der Waals surface area contributed by atoms with Crippen LogP contribution in [-0.4, -0.2) is 38.7 Å². The van der Waals surface area contributed by atoms with Gasteiger partial charge in [-0.1, -0.05) is 48.5 Å². The quantitative estimate of drug-likeness (QED) is 0.377. The molecule has 0 aliphatic carbocycles. The number of hydrogen-bond acceptors (Lipinski definition) is 4. The number of carbonyl (C=O) groups excluding carboxylic acids is 1. The fourth-order valence-corrected chi connectivity index (χ4v) is 5.09. The van der Waals surface area contributed by atoms with Gasteiger partial charge in [0.05, 0.1) is 11.5 Å². The van der Waals surface area contributed by atoms with Crippen LogP contribution in [0.2, 0.25) is 0 Å². The SMILES string of the molecule is COCC(C)NS(=O)(=O)c1ccc(NC(=O)c2cc3ccccc3n2Cc2ccccc2)cc1. The van der Waals surface area contributed by atoms with Crippen LogP contribution in [0.15, 0.2) is 89.8 Å². The van der Waals surface area contributed by atoms with E-state index in [4.69, 9.17) is 4.74 Å². The maximum Gasteiger partial charge on any atom is 0.272 e. The van der Waals surface area contributed by atoms with E-state index in [0.717, 1.165) is 16.5 Å². The monoisotopic (exact) mass is 477 g/mol. The van der Waals surface area contributed by atoms with Gasteiger partial charge in [0.15, 0.2) is 0 Å². The second-order valence-electron chi connectivity index (χ2n) is 8.12. The lowest BCUT2D eigenvalue weighted by atomic mass is 10.2. The number of sulfonamides is 1. The van der Waals surface area contributed by atoms with Crippen LogP contribution in [0.4, 0.5) is 5.69 Å².